The fourth-order valence-electron chi connectivity index (χ4n) is 5.29. The van der Waals surface area contributed by atoms with Crippen LogP contribution in [0.25, 0.3) is 0 Å². The van der Waals surface area contributed by atoms with Gasteiger partial charge in [0.05, 0.1) is 6.10 Å². The molecule has 4 nitrogen and oxygen atoms in total. The van der Waals surface area contributed by atoms with Gasteiger partial charge in [-0.2, -0.15) is 0 Å². The summed E-state index contributed by atoms with van der Waals surface area (Å²) in [6, 6.07) is 0. The highest BCUT2D eigenvalue weighted by Gasteiger charge is 2.14. The number of nitrogens with one attached hydrogen (secondary N) is 1. The summed E-state index contributed by atoms with van der Waals surface area (Å²) in [4.78, 5) is 12.4. The fourth-order valence-corrected chi connectivity index (χ4v) is 5.29. The summed E-state index contributed by atoms with van der Waals surface area (Å²) >= 11 is 0. The zero-order chi connectivity index (χ0) is 28.7. The van der Waals surface area contributed by atoms with Crippen LogP contribution in [-0.4, -0.2) is 31.5 Å². The number of hydrogen-bond donors (Lipinski definition) is 1. The minimum Gasteiger partial charge on any atom is -0.446 e. The predicted octanol–water partition coefficient (Wildman–Crippen LogP) is 11.7. The molecule has 234 valence electrons. The predicted molar refractivity (Wildman–Crippen MR) is 171 cm³/mol. The average molecular weight is 554 g/mol. The van der Waals surface area contributed by atoms with Crippen molar-refractivity contribution in [2.24, 2.45) is 0 Å². The van der Waals surface area contributed by atoms with Crippen molar-refractivity contribution >= 4 is 6.09 Å². The van der Waals surface area contributed by atoms with Crippen molar-refractivity contribution in [1.82, 2.24) is 5.32 Å². The van der Waals surface area contributed by atoms with Crippen molar-refractivity contribution < 1.29 is 14.3 Å². The van der Waals surface area contributed by atoms with Gasteiger partial charge in [-0.25, -0.2) is 4.79 Å². The molecule has 0 bridgehead atoms. The van der Waals surface area contributed by atoms with Crippen molar-refractivity contribution in [3.63, 3.8) is 0 Å². The molecule has 39 heavy (non-hydrogen) atoms. The molecule has 0 spiro atoms. The molecular weight excluding hydrogens is 482 g/mol. The summed E-state index contributed by atoms with van der Waals surface area (Å²) < 4.78 is 11.4. The van der Waals surface area contributed by atoms with Gasteiger partial charge in [0.1, 0.15) is 6.10 Å². The maximum Gasteiger partial charge on any atom is 0.407 e. The van der Waals surface area contributed by atoms with E-state index >= 15 is 0 Å². The molecule has 0 heterocycles. The van der Waals surface area contributed by atoms with E-state index in [0.717, 1.165) is 19.3 Å². The van der Waals surface area contributed by atoms with Crippen molar-refractivity contribution in [1.29, 1.82) is 0 Å². The van der Waals surface area contributed by atoms with E-state index in [2.05, 4.69) is 19.2 Å². The van der Waals surface area contributed by atoms with Gasteiger partial charge >= 0.3 is 6.09 Å². The Morgan fingerprint density at radius 3 is 1.26 bits per heavy atom. The molecule has 0 aliphatic carbocycles. The molecule has 0 saturated carbocycles. The second-order valence-electron chi connectivity index (χ2n) is 12.2. The van der Waals surface area contributed by atoms with Crippen LogP contribution in [-0.2, 0) is 9.47 Å². The number of carbonyl (C=O) groups is 1. The van der Waals surface area contributed by atoms with Crippen LogP contribution in [0.2, 0.25) is 0 Å². The van der Waals surface area contributed by atoms with Crippen LogP contribution < -0.4 is 5.32 Å². The zero-order valence-corrected chi connectivity index (χ0v) is 27.2. The Bertz CT molecular complexity index is 483. The topological polar surface area (TPSA) is 47.6 Å². The molecule has 1 N–H and O–H groups in total. The third kappa shape index (κ3) is 31.6. The second-order valence-corrected chi connectivity index (χ2v) is 12.2. The van der Waals surface area contributed by atoms with E-state index in [0.29, 0.717) is 13.2 Å². The highest BCUT2D eigenvalue weighted by atomic mass is 16.6. The molecular formula is C35H71NO3. The van der Waals surface area contributed by atoms with Gasteiger partial charge < -0.3 is 14.8 Å². The number of amides is 1. The van der Waals surface area contributed by atoms with Gasteiger partial charge in [0.15, 0.2) is 0 Å². The lowest BCUT2D eigenvalue weighted by atomic mass is 10.0. The molecule has 0 rings (SSSR count). The lowest BCUT2D eigenvalue weighted by Gasteiger charge is -2.18. The lowest BCUT2D eigenvalue weighted by molar-refractivity contribution is 0.0720. The molecule has 1 atom stereocenters. The molecule has 1 unspecified atom stereocenters. The van der Waals surface area contributed by atoms with Gasteiger partial charge in [0.2, 0.25) is 0 Å². The third-order valence-corrected chi connectivity index (χ3v) is 7.82. The molecule has 0 aliphatic heterocycles. The van der Waals surface area contributed by atoms with Gasteiger partial charge in [0, 0.05) is 13.2 Å². The van der Waals surface area contributed by atoms with Crippen molar-refractivity contribution in [3.8, 4) is 0 Å². The molecule has 0 saturated heterocycles. The summed E-state index contributed by atoms with van der Waals surface area (Å²) in [6.07, 6.45) is 34.1. The molecule has 4 heteroatoms. The zero-order valence-electron chi connectivity index (χ0n) is 27.2. The maximum atomic E-state index is 12.4. The highest BCUT2D eigenvalue weighted by Crippen LogP contribution is 2.18. The summed E-state index contributed by atoms with van der Waals surface area (Å²) in [7, 11) is 0. The van der Waals surface area contributed by atoms with Gasteiger partial charge in [-0.05, 0) is 46.0 Å². The average Bonchev–Trinajstić information content (AvgIpc) is 2.91. The van der Waals surface area contributed by atoms with Gasteiger partial charge in [-0.3, -0.25) is 0 Å². The van der Waals surface area contributed by atoms with Crippen molar-refractivity contribution in [3.05, 3.63) is 0 Å². The van der Waals surface area contributed by atoms with Crippen LogP contribution in [0.3, 0.4) is 0 Å². The van der Waals surface area contributed by atoms with E-state index in [4.69, 9.17) is 9.47 Å². The van der Waals surface area contributed by atoms with E-state index in [1.54, 1.807) is 0 Å². The van der Waals surface area contributed by atoms with Crippen LogP contribution in [0.1, 0.15) is 195 Å². The molecule has 0 fully saturated rings. The number of rotatable bonds is 31. The van der Waals surface area contributed by atoms with Gasteiger partial charge in [0.25, 0.3) is 0 Å². The molecule has 0 aliphatic rings. The summed E-state index contributed by atoms with van der Waals surface area (Å²) in [5.74, 6) is 0. The van der Waals surface area contributed by atoms with Crippen LogP contribution in [0.15, 0.2) is 0 Å². The Kier molecular flexibility index (Phi) is 31.1. The first-order chi connectivity index (χ1) is 19.1. The largest absolute Gasteiger partial charge is 0.446 e. The van der Waals surface area contributed by atoms with Crippen LogP contribution in [0.5, 0.6) is 0 Å². The number of unbranched alkanes of at least 4 members (excludes halogenated alkanes) is 21. The van der Waals surface area contributed by atoms with Crippen molar-refractivity contribution in [2.45, 2.75) is 207 Å². The molecule has 1 amide bonds. The first-order valence-corrected chi connectivity index (χ1v) is 17.7. The molecule has 0 aromatic heterocycles. The Balaban J connectivity index is 4.02. The SMILES string of the molecule is CCCCCCCCCCCCCCC(CCCCCCCCCCCCC)OC(=O)NCCCOC(C)C. The standard InChI is InChI=1S/C35H71NO3/c1-5-7-9-11-13-15-17-19-21-23-25-27-30-34(39-35(37)36-31-28-32-38-33(3)4)29-26-24-22-20-18-16-14-12-10-8-6-2/h33-34H,5-32H2,1-4H3,(H,36,37). The Labute approximate surface area is 245 Å². The Morgan fingerprint density at radius 2 is 0.897 bits per heavy atom. The monoisotopic (exact) mass is 554 g/mol. The number of hydrogen-bond acceptors (Lipinski definition) is 3. The fraction of sp³-hybridized carbons (Fsp3) is 0.971. The minimum absolute atomic E-state index is 0.0681. The van der Waals surface area contributed by atoms with Gasteiger partial charge in [-0.1, -0.05) is 149 Å². The van der Waals surface area contributed by atoms with Crippen LogP contribution >= 0.6 is 0 Å². The van der Waals surface area contributed by atoms with E-state index in [-0.39, 0.29) is 18.3 Å². The number of alkyl carbamates (subject to hydrolysis) is 1. The normalized spacial score (nSPS) is 12.2. The number of carbonyl (C=O) groups excluding carboxylic acids is 1. The summed E-state index contributed by atoms with van der Waals surface area (Å²) in [5, 5.41) is 2.93. The minimum atomic E-state index is -0.244. The smallest absolute Gasteiger partial charge is 0.407 e. The second kappa shape index (κ2) is 31.8. The molecule has 0 aromatic carbocycles. The van der Waals surface area contributed by atoms with Crippen LogP contribution in [0, 0.1) is 0 Å². The summed E-state index contributed by atoms with van der Waals surface area (Å²) in [6.45, 7) is 9.94. The molecule has 0 radical (unpaired) electrons. The maximum absolute atomic E-state index is 12.4. The summed E-state index contributed by atoms with van der Waals surface area (Å²) in [5.41, 5.74) is 0. The highest BCUT2D eigenvalue weighted by molar-refractivity contribution is 5.67. The third-order valence-electron chi connectivity index (χ3n) is 7.82. The Hall–Kier alpha value is -0.770. The lowest BCUT2D eigenvalue weighted by Crippen LogP contribution is -2.30. The van der Waals surface area contributed by atoms with Crippen molar-refractivity contribution in [2.75, 3.05) is 13.2 Å². The van der Waals surface area contributed by atoms with E-state index < -0.39 is 0 Å². The quantitative estimate of drug-likeness (QED) is 0.0868. The Morgan fingerprint density at radius 1 is 0.538 bits per heavy atom. The molecule has 0 aromatic rings. The van der Waals surface area contributed by atoms with E-state index in [1.165, 1.54) is 148 Å². The first kappa shape index (κ1) is 38.2. The number of ether oxygens (including phenoxy) is 2. The van der Waals surface area contributed by atoms with Gasteiger partial charge in [-0.15, -0.1) is 0 Å². The van der Waals surface area contributed by atoms with Crippen LogP contribution in [0.4, 0.5) is 4.79 Å². The first-order valence-electron chi connectivity index (χ1n) is 17.7. The van der Waals surface area contributed by atoms with E-state index in [9.17, 15) is 4.79 Å². The van der Waals surface area contributed by atoms with E-state index in [1.807, 2.05) is 13.8 Å².